The van der Waals surface area contributed by atoms with E-state index in [2.05, 4.69) is 12.2 Å². The van der Waals surface area contributed by atoms with Crippen LogP contribution in [0.3, 0.4) is 0 Å². The summed E-state index contributed by atoms with van der Waals surface area (Å²) in [5.74, 6) is 0.378. The predicted octanol–water partition coefficient (Wildman–Crippen LogP) is 4.25. The average Bonchev–Trinajstić information content (AvgIpc) is 2.50. The molecule has 0 bridgehead atoms. The van der Waals surface area contributed by atoms with Gasteiger partial charge in [0, 0.05) is 25.9 Å². The van der Waals surface area contributed by atoms with Crippen molar-refractivity contribution in [3.05, 3.63) is 0 Å². The van der Waals surface area contributed by atoms with Gasteiger partial charge in [-0.05, 0) is 6.42 Å². The number of hydrogen-bond donors (Lipinski definition) is 1. The summed E-state index contributed by atoms with van der Waals surface area (Å²) in [7, 11) is 0. The van der Waals surface area contributed by atoms with Gasteiger partial charge < -0.3 is 10.1 Å². The van der Waals surface area contributed by atoms with Crippen LogP contribution in [0.5, 0.6) is 0 Å². The summed E-state index contributed by atoms with van der Waals surface area (Å²) in [6, 6.07) is 0. The fourth-order valence-electron chi connectivity index (χ4n) is 2.92. The Morgan fingerprint density at radius 3 is 2.19 bits per heavy atom. The van der Waals surface area contributed by atoms with Crippen molar-refractivity contribution in [2.45, 2.75) is 90.1 Å². The van der Waals surface area contributed by atoms with Gasteiger partial charge in [-0.25, -0.2) is 0 Å². The van der Waals surface area contributed by atoms with Crippen molar-refractivity contribution in [1.82, 2.24) is 5.32 Å². The Morgan fingerprint density at radius 2 is 1.62 bits per heavy atom. The lowest BCUT2D eigenvalue weighted by Gasteiger charge is -2.22. The first kappa shape index (κ1) is 18.6. The minimum Gasteiger partial charge on any atom is -0.375 e. The number of nitrogens with one attached hydrogen (secondary N) is 1. The van der Waals surface area contributed by atoms with Crippen molar-refractivity contribution in [3.63, 3.8) is 0 Å². The molecule has 3 heteroatoms. The molecule has 0 aliphatic carbocycles. The summed E-state index contributed by atoms with van der Waals surface area (Å²) in [4.78, 5) is 11.8. The van der Waals surface area contributed by atoms with E-state index in [4.69, 9.17) is 4.74 Å². The fraction of sp³-hybridized carbons (Fsp3) is 0.944. The molecule has 0 radical (unpaired) electrons. The second kappa shape index (κ2) is 13.3. The highest BCUT2D eigenvalue weighted by Crippen LogP contribution is 2.12. The van der Waals surface area contributed by atoms with E-state index >= 15 is 0 Å². The number of ketones is 1. The molecule has 124 valence electrons. The van der Waals surface area contributed by atoms with E-state index in [0.717, 1.165) is 32.5 Å². The van der Waals surface area contributed by atoms with Crippen LogP contribution in [-0.4, -0.2) is 31.6 Å². The van der Waals surface area contributed by atoms with Gasteiger partial charge in [0.05, 0.1) is 12.7 Å². The van der Waals surface area contributed by atoms with Crippen molar-refractivity contribution < 1.29 is 9.53 Å². The van der Waals surface area contributed by atoms with Crippen LogP contribution >= 0.6 is 0 Å². The Morgan fingerprint density at radius 1 is 1.00 bits per heavy atom. The molecule has 0 aromatic heterocycles. The van der Waals surface area contributed by atoms with Crippen molar-refractivity contribution >= 4 is 5.78 Å². The Bertz CT molecular complexity index is 250. The summed E-state index contributed by atoms with van der Waals surface area (Å²) < 4.78 is 5.56. The molecule has 0 aromatic carbocycles. The van der Waals surface area contributed by atoms with E-state index in [-0.39, 0.29) is 6.10 Å². The van der Waals surface area contributed by atoms with E-state index < -0.39 is 0 Å². The zero-order valence-corrected chi connectivity index (χ0v) is 14.0. The third kappa shape index (κ3) is 10.9. The molecule has 3 nitrogen and oxygen atoms in total. The second-order valence-electron chi connectivity index (χ2n) is 6.37. The number of morpholine rings is 1. The molecule has 1 heterocycles. The molecule has 1 aliphatic heterocycles. The summed E-state index contributed by atoms with van der Waals surface area (Å²) in [5.41, 5.74) is 0. The van der Waals surface area contributed by atoms with Crippen LogP contribution in [0.2, 0.25) is 0 Å². The van der Waals surface area contributed by atoms with Gasteiger partial charge in [-0.3, -0.25) is 4.79 Å². The molecule has 1 rings (SSSR count). The quantitative estimate of drug-likeness (QED) is 0.517. The normalized spacial score (nSPS) is 18.8. The molecule has 0 saturated carbocycles. The second-order valence-corrected chi connectivity index (χ2v) is 6.37. The molecule has 1 N–H and O–H groups in total. The van der Waals surface area contributed by atoms with Gasteiger partial charge in [0.15, 0.2) is 0 Å². The van der Waals surface area contributed by atoms with E-state index in [9.17, 15) is 4.79 Å². The van der Waals surface area contributed by atoms with Crippen molar-refractivity contribution in [3.8, 4) is 0 Å². The van der Waals surface area contributed by atoms with Crippen LogP contribution in [-0.2, 0) is 9.53 Å². The predicted molar refractivity (Wildman–Crippen MR) is 88.7 cm³/mol. The smallest absolute Gasteiger partial charge is 0.135 e. The monoisotopic (exact) mass is 297 g/mol. The largest absolute Gasteiger partial charge is 0.375 e. The minimum absolute atomic E-state index is 0.120. The molecule has 0 aromatic rings. The first-order valence-corrected chi connectivity index (χ1v) is 9.17. The number of unbranched alkanes of at least 4 members (excludes halogenated alkanes) is 9. The van der Waals surface area contributed by atoms with Crippen LogP contribution < -0.4 is 5.32 Å². The fourth-order valence-corrected chi connectivity index (χ4v) is 2.92. The highest BCUT2D eigenvalue weighted by atomic mass is 16.5. The zero-order chi connectivity index (χ0) is 15.2. The maximum atomic E-state index is 11.8. The van der Waals surface area contributed by atoms with Crippen molar-refractivity contribution in [2.75, 3.05) is 19.7 Å². The molecular weight excluding hydrogens is 262 g/mol. The molecule has 1 atom stereocenters. The van der Waals surface area contributed by atoms with Crippen LogP contribution in [0, 0.1) is 0 Å². The Kier molecular flexibility index (Phi) is 11.8. The third-order valence-electron chi connectivity index (χ3n) is 4.27. The third-order valence-corrected chi connectivity index (χ3v) is 4.27. The van der Waals surface area contributed by atoms with Gasteiger partial charge in [0.2, 0.25) is 0 Å². The molecule has 1 fully saturated rings. The Labute approximate surface area is 131 Å². The standard InChI is InChI=1S/C18H35NO2/c1-2-3-4-5-6-7-8-9-10-11-12-17(20)15-18-16-19-13-14-21-18/h18-19H,2-16H2,1H3. The maximum absolute atomic E-state index is 11.8. The highest BCUT2D eigenvalue weighted by Gasteiger charge is 2.16. The lowest BCUT2D eigenvalue weighted by molar-refractivity contribution is -0.122. The Hall–Kier alpha value is -0.410. The SMILES string of the molecule is CCCCCCCCCCCCC(=O)CC1CNCCO1. The van der Waals surface area contributed by atoms with E-state index in [1.165, 1.54) is 57.8 Å². The summed E-state index contributed by atoms with van der Waals surface area (Å²) in [5, 5.41) is 3.27. The number of rotatable bonds is 13. The van der Waals surface area contributed by atoms with Crippen LogP contribution in [0.15, 0.2) is 0 Å². The van der Waals surface area contributed by atoms with Crippen molar-refractivity contribution in [2.24, 2.45) is 0 Å². The number of ether oxygens (including phenoxy) is 1. The summed E-state index contributed by atoms with van der Waals surface area (Å²) in [6.07, 6.45) is 14.7. The van der Waals surface area contributed by atoms with Crippen LogP contribution in [0.1, 0.15) is 84.0 Å². The van der Waals surface area contributed by atoms with Gasteiger partial charge in [-0.15, -0.1) is 0 Å². The first-order valence-electron chi connectivity index (χ1n) is 9.17. The van der Waals surface area contributed by atoms with E-state index in [1.807, 2.05) is 0 Å². The molecule has 0 amide bonds. The molecule has 1 aliphatic rings. The number of hydrogen-bond acceptors (Lipinski definition) is 3. The zero-order valence-electron chi connectivity index (χ0n) is 14.0. The first-order chi connectivity index (χ1) is 10.3. The van der Waals surface area contributed by atoms with E-state index in [1.54, 1.807) is 0 Å². The average molecular weight is 297 g/mol. The van der Waals surface area contributed by atoms with Gasteiger partial charge >= 0.3 is 0 Å². The summed E-state index contributed by atoms with van der Waals surface area (Å²) >= 11 is 0. The Balaban J connectivity index is 1.81. The number of Topliss-reactive ketones (excluding diaryl/α,β-unsaturated/α-hetero) is 1. The van der Waals surface area contributed by atoms with E-state index in [0.29, 0.717) is 12.2 Å². The summed E-state index contributed by atoms with van der Waals surface area (Å²) in [6.45, 7) is 4.77. The topological polar surface area (TPSA) is 38.3 Å². The van der Waals surface area contributed by atoms with Crippen LogP contribution in [0.25, 0.3) is 0 Å². The van der Waals surface area contributed by atoms with Gasteiger partial charge in [-0.2, -0.15) is 0 Å². The lowest BCUT2D eigenvalue weighted by Crippen LogP contribution is -2.39. The maximum Gasteiger partial charge on any atom is 0.135 e. The van der Waals surface area contributed by atoms with Crippen LogP contribution in [0.4, 0.5) is 0 Å². The molecular formula is C18H35NO2. The van der Waals surface area contributed by atoms with Crippen molar-refractivity contribution in [1.29, 1.82) is 0 Å². The van der Waals surface area contributed by atoms with Gasteiger partial charge in [-0.1, -0.05) is 64.7 Å². The number of carbonyl (C=O) groups is 1. The van der Waals surface area contributed by atoms with Gasteiger partial charge in [0.1, 0.15) is 5.78 Å². The molecule has 21 heavy (non-hydrogen) atoms. The highest BCUT2D eigenvalue weighted by molar-refractivity contribution is 5.78. The minimum atomic E-state index is 0.120. The molecule has 0 spiro atoms. The molecule has 1 unspecified atom stereocenters. The lowest BCUT2D eigenvalue weighted by atomic mass is 10.0. The van der Waals surface area contributed by atoms with Gasteiger partial charge in [0.25, 0.3) is 0 Å². The molecule has 1 saturated heterocycles. The number of carbonyl (C=O) groups excluding carboxylic acids is 1.